The van der Waals surface area contributed by atoms with Crippen molar-refractivity contribution < 1.29 is 19.4 Å². The summed E-state index contributed by atoms with van der Waals surface area (Å²) in [4.78, 5) is 23.0. The number of nitrogens with one attached hydrogen (secondary N) is 1. The smallest absolute Gasteiger partial charge is 0.320 e. The summed E-state index contributed by atoms with van der Waals surface area (Å²) < 4.78 is 5.87. The van der Waals surface area contributed by atoms with E-state index in [1.807, 2.05) is 48.5 Å². The van der Waals surface area contributed by atoms with Crippen molar-refractivity contribution in [1.29, 1.82) is 0 Å². The van der Waals surface area contributed by atoms with Crippen molar-refractivity contribution in [2.45, 2.75) is 24.9 Å². The number of hydrogen-bond donors (Lipinski definition) is 3. The Morgan fingerprint density at radius 2 is 1.62 bits per heavy atom. The highest BCUT2D eigenvalue weighted by Gasteiger charge is 2.28. The first-order chi connectivity index (χ1) is 11.6. The predicted molar refractivity (Wildman–Crippen MR) is 87.8 cm³/mol. The van der Waals surface area contributed by atoms with Gasteiger partial charge in [0, 0.05) is 17.5 Å². The normalized spacial score (nSPS) is 14.0. The second-order valence-corrected chi connectivity index (χ2v) is 5.66. The molecular weight excluding hydrogens is 308 g/mol. The second-order valence-electron chi connectivity index (χ2n) is 5.66. The highest BCUT2D eigenvalue weighted by atomic mass is 16.5. The molecule has 124 valence electrons. The molecule has 1 aliphatic rings. The maximum Gasteiger partial charge on any atom is 0.320 e. The van der Waals surface area contributed by atoms with Crippen LogP contribution in [0.2, 0.25) is 0 Å². The Morgan fingerprint density at radius 1 is 1.08 bits per heavy atom. The van der Waals surface area contributed by atoms with Crippen molar-refractivity contribution in [2.75, 3.05) is 0 Å². The number of fused-ring (bicyclic) bond motifs is 2. The minimum absolute atomic E-state index is 0.0508. The van der Waals surface area contributed by atoms with E-state index >= 15 is 0 Å². The molecule has 2 aromatic rings. The number of aliphatic carboxylic acids is 1. The molecule has 1 atom stereocenters. The average Bonchev–Trinajstić information content (AvgIpc) is 2.59. The van der Waals surface area contributed by atoms with Gasteiger partial charge in [0.2, 0.25) is 5.91 Å². The van der Waals surface area contributed by atoms with Crippen molar-refractivity contribution in [3.05, 3.63) is 59.7 Å². The Kier molecular flexibility index (Phi) is 4.48. The van der Waals surface area contributed by atoms with Crippen LogP contribution < -0.4 is 15.8 Å². The van der Waals surface area contributed by atoms with Gasteiger partial charge in [-0.15, -0.1) is 0 Å². The molecule has 4 N–H and O–H groups in total. The second kappa shape index (κ2) is 6.72. The highest BCUT2D eigenvalue weighted by Crippen LogP contribution is 2.42. The molecule has 0 saturated heterocycles. The van der Waals surface area contributed by atoms with E-state index in [0.717, 1.165) is 11.1 Å². The number of nitrogens with two attached hydrogens (primary N) is 1. The minimum atomic E-state index is -1.11. The summed E-state index contributed by atoms with van der Waals surface area (Å²) >= 11 is 0. The standard InChI is InChI=1S/C18H18N2O4/c19-13(18(22)23)9-10-16(21)20-17-11-5-1-3-7-14(11)24-15-8-4-2-6-12(15)17/h1-8,13,17H,9-10,19H2,(H,20,21)(H,22,23). The van der Waals surface area contributed by atoms with Crippen LogP contribution in [0.3, 0.4) is 0 Å². The van der Waals surface area contributed by atoms with Crippen LogP contribution in [0.4, 0.5) is 0 Å². The number of ether oxygens (including phenoxy) is 1. The zero-order valence-corrected chi connectivity index (χ0v) is 12.9. The first-order valence-corrected chi connectivity index (χ1v) is 7.69. The predicted octanol–water partition coefficient (Wildman–Crippen LogP) is 2.19. The SMILES string of the molecule is NC(CCC(=O)NC1c2ccccc2Oc2ccccc21)C(=O)O. The molecular formula is C18H18N2O4. The van der Waals surface area contributed by atoms with Gasteiger partial charge in [-0.25, -0.2) is 0 Å². The number of carboxylic acids is 1. The summed E-state index contributed by atoms with van der Waals surface area (Å²) in [6.07, 6.45) is 0.142. The molecule has 24 heavy (non-hydrogen) atoms. The Morgan fingerprint density at radius 3 is 2.17 bits per heavy atom. The monoisotopic (exact) mass is 326 g/mol. The largest absolute Gasteiger partial charge is 0.480 e. The summed E-state index contributed by atoms with van der Waals surface area (Å²) in [7, 11) is 0. The topological polar surface area (TPSA) is 102 Å². The first-order valence-electron chi connectivity index (χ1n) is 7.69. The number of carbonyl (C=O) groups excluding carboxylic acids is 1. The fourth-order valence-corrected chi connectivity index (χ4v) is 2.71. The summed E-state index contributed by atoms with van der Waals surface area (Å²) in [5.74, 6) is 0.0419. The van der Waals surface area contributed by atoms with E-state index in [9.17, 15) is 9.59 Å². The molecule has 0 bridgehead atoms. The lowest BCUT2D eigenvalue weighted by Crippen LogP contribution is -2.34. The number of carbonyl (C=O) groups is 2. The van der Waals surface area contributed by atoms with Crippen molar-refractivity contribution in [2.24, 2.45) is 5.73 Å². The van der Waals surface area contributed by atoms with Gasteiger partial charge in [0.25, 0.3) is 0 Å². The fourth-order valence-electron chi connectivity index (χ4n) is 2.71. The Balaban J connectivity index is 1.80. The van der Waals surface area contributed by atoms with Crippen LogP contribution in [-0.4, -0.2) is 23.0 Å². The molecule has 1 heterocycles. The van der Waals surface area contributed by atoms with Crippen LogP contribution in [0, 0.1) is 0 Å². The van der Waals surface area contributed by atoms with E-state index in [0.29, 0.717) is 11.5 Å². The van der Waals surface area contributed by atoms with Crippen LogP contribution in [0.15, 0.2) is 48.5 Å². The summed E-state index contributed by atoms with van der Waals surface area (Å²) in [5, 5.41) is 11.8. The zero-order valence-electron chi connectivity index (χ0n) is 12.9. The number of benzene rings is 2. The van der Waals surface area contributed by atoms with E-state index in [1.54, 1.807) is 0 Å². The molecule has 6 heteroatoms. The van der Waals surface area contributed by atoms with Crippen LogP contribution in [0.5, 0.6) is 11.5 Å². The zero-order chi connectivity index (χ0) is 17.1. The van der Waals surface area contributed by atoms with Crippen molar-refractivity contribution in [1.82, 2.24) is 5.32 Å². The van der Waals surface area contributed by atoms with Gasteiger partial charge in [0.1, 0.15) is 17.5 Å². The molecule has 0 radical (unpaired) electrons. The lowest BCUT2D eigenvalue weighted by molar-refractivity contribution is -0.138. The van der Waals surface area contributed by atoms with Gasteiger partial charge in [0.15, 0.2) is 0 Å². The van der Waals surface area contributed by atoms with E-state index in [2.05, 4.69) is 5.32 Å². The van der Waals surface area contributed by atoms with Gasteiger partial charge >= 0.3 is 5.97 Å². The number of rotatable bonds is 5. The first kappa shape index (κ1) is 16.0. The molecule has 6 nitrogen and oxygen atoms in total. The Bertz CT molecular complexity index is 730. The van der Waals surface area contributed by atoms with Crippen LogP contribution >= 0.6 is 0 Å². The summed E-state index contributed by atoms with van der Waals surface area (Å²) in [6.45, 7) is 0. The van der Waals surface area contributed by atoms with Gasteiger partial charge < -0.3 is 20.9 Å². The van der Waals surface area contributed by atoms with Crippen LogP contribution in [0.1, 0.15) is 30.0 Å². The lowest BCUT2D eigenvalue weighted by atomic mass is 9.94. The third kappa shape index (κ3) is 3.23. The molecule has 3 rings (SSSR count). The van der Waals surface area contributed by atoms with Gasteiger partial charge in [0.05, 0.1) is 6.04 Å². The van der Waals surface area contributed by atoms with Gasteiger partial charge in [-0.1, -0.05) is 36.4 Å². The minimum Gasteiger partial charge on any atom is -0.480 e. The summed E-state index contributed by atoms with van der Waals surface area (Å²) in [5.41, 5.74) is 7.19. The number of carboxylic acid groups (broad SMARTS) is 1. The van der Waals surface area contributed by atoms with Crippen molar-refractivity contribution >= 4 is 11.9 Å². The maximum atomic E-state index is 12.3. The van der Waals surface area contributed by atoms with E-state index in [4.69, 9.17) is 15.6 Å². The van der Waals surface area contributed by atoms with Crippen LogP contribution in [-0.2, 0) is 9.59 Å². The molecule has 1 aliphatic heterocycles. The quantitative estimate of drug-likeness (QED) is 0.782. The van der Waals surface area contributed by atoms with E-state index in [-0.39, 0.29) is 24.8 Å². The van der Waals surface area contributed by atoms with E-state index < -0.39 is 12.0 Å². The fraction of sp³-hybridized carbons (Fsp3) is 0.222. The van der Waals surface area contributed by atoms with Gasteiger partial charge in [-0.3, -0.25) is 9.59 Å². The van der Waals surface area contributed by atoms with Gasteiger partial charge in [-0.2, -0.15) is 0 Å². The van der Waals surface area contributed by atoms with Crippen LogP contribution in [0.25, 0.3) is 0 Å². The third-order valence-electron chi connectivity index (χ3n) is 3.98. The molecule has 0 fully saturated rings. The average molecular weight is 326 g/mol. The molecule has 0 aromatic heterocycles. The Hall–Kier alpha value is -2.86. The number of hydrogen-bond acceptors (Lipinski definition) is 4. The maximum absolute atomic E-state index is 12.3. The molecule has 2 aromatic carbocycles. The molecule has 1 unspecified atom stereocenters. The Labute approximate surface area is 139 Å². The summed E-state index contributed by atoms with van der Waals surface area (Å²) in [6, 6.07) is 13.7. The molecule has 1 amide bonds. The molecule has 0 saturated carbocycles. The van der Waals surface area contributed by atoms with E-state index in [1.165, 1.54) is 0 Å². The third-order valence-corrected chi connectivity index (χ3v) is 3.98. The lowest BCUT2D eigenvalue weighted by Gasteiger charge is -2.28. The number of para-hydroxylation sites is 2. The molecule has 0 aliphatic carbocycles. The van der Waals surface area contributed by atoms with Crippen molar-refractivity contribution in [3.8, 4) is 11.5 Å². The molecule has 0 spiro atoms. The number of amides is 1. The van der Waals surface area contributed by atoms with Gasteiger partial charge in [-0.05, 0) is 18.6 Å². The highest BCUT2D eigenvalue weighted by molar-refractivity contribution is 5.79. The van der Waals surface area contributed by atoms with Crippen molar-refractivity contribution in [3.63, 3.8) is 0 Å².